The molecule has 0 saturated carbocycles. The summed E-state index contributed by atoms with van der Waals surface area (Å²) in [5.74, 6) is -0.177. The molecule has 2 aromatic carbocycles. The molecule has 0 radical (unpaired) electrons. The third-order valence-corrected chi connectivity index (χ3v) is 7.65. The molecule has 0 fully saturated rings. The van der Waals surface area contributed by atoms with E-state index in [1.54, 1.807) is 31.4 Å². The molecule has 2 atom stereocenters. The molecule has 2 amide bonds. The predicted octanol–water partition coefficient (Wildman–Crippen LogP) is 4.49. The lowest BCUT2D eigenvalue weighted by molar-refractivity contribution is -0.140. The van der Waals surface area contributed by atoms with Crippen LogP contribution in [0.5, 0.6) is 5.75 Å². The van der Waals surface area contributed by atoms with Crippen molar-refractivity contribution < 1.29 is 22.7 Å². The van der Waals surface area contributed by atoms with Crippen molar-refractivity contribution in [1.29, 1.82) is 0 Å². The van der Waals surface area contributed by atoms with Crippen LogP contribution < -0.4 is 14.4 Å². The molecule has 0 unspecified atom stereocenters. The fourth-order valence-corrected chi connectivity index (χ4v) is 4.68. The van der Waals surface area contributed by atoms with Crippen LogP contribution in [0.15, 0.2) is 42.5 Å². The van der Waals surface area contributed by atoms with Crippen molar-refractivity contribution in [3.05, 3.63) is 58.1 Å². The molecule has 0 heterocycles. The van der Waals surface area contributed by atoms with Crippen LogP contribution in [-0.2, 0) is 26.2 Å². The molecule has 0 saturated heterocycles. The maximum atomic E-state index is 13.7. The van der Waals surface area contributed by atoms with E-state index in [0.717, 1.165) is 22.5 Å². The zero-order valence-electron chi connectivity index (χ0n) is 21.1. The van der Waals surface area contributed by atoms with Gasteiger partial charge in [-0.1, -0.05) is 49.2 Å². The second-order valence-corrected chi connectivity index (χ2v) is 11.2. The first-order valence-corrected chi connectivity index (χ1v) is 14.2. The number of rotatable bonds is 12. The Balaban J connectivity index is 2.45. The number of nitrogens with one attached hydrogen (secondary N) is 1. The Morgan fingerprint density at radius 2 is 1.67 bits per heavy atom. The molecule has 2 aromatic rings. The van der Waals surface area contributed by atoms with Crippen LogP contribution in [0.3, 0.4) is 0 Å². The van der Waals surface area contributed by atoms with Gasteiger partial charge in [0.2, 0.25) is 21.8 Å². The van der Waals surface area contributed by atoms with E-state index in [-0.39, 0.29) is 34.2 Å². The van der Waals surface area contributed by atoms with Gasteiger partial charge in [-0.05, 0) is 55.7 Å². The number of carbonyl (C=O) groups is 2. The summed E-state index contributed by atoms with van der Waals surface area (Å²) in [7, 11) is -2.31. The Morgan fingerprint density at radius 1 is 1.03 bits per heavy atom. The Morgan fingerprint density at radius 3 is 2.17 bits per heavy atom. The SMILES string of the molecule is CC[C@@H](C)NC(=O)[C@@H](CC)N(Cc1ccc(OC)cc1)C(=O)CN(c1ccc(Cl)c(Cl)c1)S(C)(=O)=O. The number of methoxy groups -OCH3 is 1. The maximum Gasteiger partial charge on any atom is 0.244 e. The van der Waals surface area contributed by atoms with E-state index < -0.39 is 28.5 Å². The maximum absolute atomic E-state index is 13.7. The molecule has 0 aliphatic heterocycles. The van der Waals surface area contributed by atoms with Gasteiger partial charge in [0.25, 0.3) is 0 Å². The summed E-state index contributed by atoms with van der Waals surface area (Å²) in [4.78, 5) is 28.2. The van der Waals surface area contributed by atoms with Crippen molar-refractivity contribution in [2.45, 2.75) is 52.2 Å². The lowest BCUT2D eigenvalue weighted by atomic mass is 10.1. The van der Waals surface area contributed by atoms with Crippen molar-refractivity contribution in [3.8, 4) is 5.75 Å². The van der Waals surface area contributed by atoms with Crippen molar-refractivity contribution in [1.82, 2.24) is 10.2 Å². The second-order valence-electron chi connectivity index (χ2n) is 8.48. The molecule has 0 bridgehead atoms. The first kappa shape index (κ1) is 29.7. The highest BCUT2D eigenvalue weighted by molar-refractivity contribution is 7.92. The average Bonchev–Trinajstić information content (AvgIpc) is 2.83. The van der Waals surface area contributed by atoms with E-state index in [2.05, 4.69) is 5.32 Å². The highest BCUT2D eigenvalue weighted by Gasteiger charge is 2.32. The molecule has 0 aliphatic rings. The second kappa shape index (κ2) is 13.2. The summed E-state index contributed by atoms with van der Waals surface area (Å²) in [5.41, 5.74) is 0.959. The summed E-state index contributed by atoms with van der Waals surface area (Å²) in [6.45, 7) is 5.24. The van der Waals surface area contributed by atoms with Gasteiger partial charge in [-0.15, -0.1) is 0 Å². The van der Waals surface area contributed by atoms with Gasteiger partial charge in [0.1, 0.15) is 18.3 Å². The first-order chi connectivity index (χ1) is 16.9. The molecule has 8 nitrogen and oxygen atoms in total. The fraction of sp³-hybridized carbons (Fsp3) is 0.440. The summed E-state index contributed by atoms with van der Waals surface area (Å²) in [6, 6.07) is 10.6. The van der Waals surface area contributed by atoms with Gasteiger partial charge < -0.3 is 15.0 Å². The van der Waals surface area contributed by atoms with Crippen LogP contribution in [0.1, 0.15) is 39.2 Å². The van der Waals surface area contributed by atoms with Gasteiger partial charge in [-0.2, -0.15) is 0 Å². The normalized spacial score (nSPS) is 13.0. The Kier molecular flexibility index (Phi) is 10.9. The molecular weight excluding hydrogens is 525 g/mol. The first-order valence-electron chi connectivity index (χ1n) is 11.6. The van der Waals surface area contributed by atoms with Crippen molar-refractivity contribution in [3.63, 3.8) is 0 Å². The van der Waals surface area contributed by atoms with Crippen LogP contribution >= 0.6 is 23.2 Å². The zero-order valence-corrected chi connectivity index (χ0v) is 23.5. The number of halogens is 2. The third kappa shape index (κ3) is 8.01. The monoisotopic (exact) mass is 557 g/mol. The van der Waals surface area contributed by atoms with Crippen LogP contribution in [0.4, 0.5) is 5.69 Å². The van der Waals surface area contributed by atoms with Crippen LogP contribution in [0.25, 0.3) is 0 Å². The summed E-state index contributed by atoms with van der Waals surface area (Å²) in [6.07, 6.45) is 2.08. The van der Waals surface area contributed by atoms with Gasteiger partial charge in [-0.3, -0.25) is 13.9 Å². The largest absolute Gasteiger partial charge is 0.497 e. The van der Waals surface area contributed by atoms with E-state index in [1.807, 2.05) is 20.8 Å². The van der Waals surface area contributed by atoms with Crippen LogP contribution in [0, 0.1) is 0 Å². The highest BCUT2D eigenvalue weighted by atomic mass is 35.5. The van der Waals surface area contributed by atoms with E-state index in [1.165, 1.54) is 23.1 Å². The average molecular weight is 559 g/mol. The van der Waals surface area contributed by atoms with Gasteiger partial charge in [0, 0.05) is 12.6 Å². The zero-order chi connectivity index (χ0) is 27.0. The van der Waals surface area contributed by atoms with Crippen LogP contribution in [0.2, 0.25) is 10.0 Å². The van der Waals surface area contributed by atoms with Crippen molar-refractivity contribution >= 4 is 50.7 Å². The molecule has 36 heavy (non-hydrogen) atoms. The number of amides is 2. The predicted molar refractivity (Wildman–Crippen MR) is 144 cm³/mol. The number of benzene rings is 2. The topological polar surface area (TPSA) is 96.0 Å². The van der Waals surface area contributed by atoms with Gasteiger partial charge in [-0.25, -0.2) is 8.42 Å². The molecule has 0 spiro atoms. The number of hydrogen-bond donors (Lipinski definition) is 1. The van der Waals surface area contributed by atoms with Gasteiger partial charge in [0.15, 0.2) is 0 Å². The number of sulfonamides is 1. The minimum atomic E-state index is -3.87. The Bertz CT molecular complexity index is 1160. The summed E-state index contributed by atoms with van der Waals surface area (Å²) >= 11 is 12.1. The number of ether oxygens (including phenoxy) is 1. The molecule has 0 aromatic heterocycles. The quantitative estimate of drug-likeness (QED) is 0.414. The molecule has 1 N–H and O–H groups in total. The lowest BCUT2D eigenvalue weighted by Crippen LogP contribution is -2.53. The van der Waals surface area contributed by atoms with Crippen molar-refractivity contribution in [2.75, 3.05) is 24.2 Å². The molecule has 2 rings (SSSR count). The summed E-state index contributed by atoms with van der Waals surface area (Å²) < 4.78 is 31.5. The number of hydrogen-bond acceptors (Lipinski definition) is 5. The molecule has 0 aliphatic carbocycles. The number of anilines is 1. The van der Waals surface area contributed by atoms with E-state index >= 15 is 0 Å². The minimum Gasteiger partial charge on any atom is -0.497 e. The Labute approximate surface area is 223 Å². The minimum absolute atomic E-state index is 0.0757. The standard InChI is InChI=1S/C25H33Cl2N3O5S/c1-6-17(3)28-25(32)23(7-2)29(15-18-8-11-20(35-4)12-9-18)24(31)16-30(36(5,33)34)19-10-13-21(26)22(27)14-19/h8-14,17,23H,6-7,15-16H2,1-5H3,(H,28,32)/t17-,23-/m1/s1. The summed E-state index contributed by atoms with van der Waals surface area (Å²) in [5, 5.41) is 3.35. The molecule has 198 valence electrons. The number of nitrogens with zero attached hydrogens (tertiary/aromatic N) is 2. The molecule has 11 heteroatoms. The number of carbonyl (C=O) groups excluding carboxylic acids is 2. The van der Waals surface area contributed by atoms with Crippen LogP contribution in [-0.4, -0.2) is 57.1 Å². The fourth-order valence-electron chi connectivity index (χ4n) is 3.54. The van der Waals surface area contributed by atoms with E-state index in [4.69, 9.17) is 27.9 Å². The van der Waals surface area contributed by atoms with Crippen molar-refractivity contribution in [2.24, 2.45) is 0 Å². The Hall–Kier alpha value is -2.49. The van der Waals surface area contributed by atoms with E-state index in [9.17, 15) is 18.0 Å². The highest BCUT2D eigenvalue weighted by Crippen LogP contribution is 2.29. The van der Waals surface area contributed by atoms with E-state index in [0.29, 0.717) is 12.2 Å². The van der Waals surface area contributed by atoms with Gasteiger partial charge >= 0.3 is 0 Å². The lowest BCUT2D eigenvalue weighted by Gasteiger charge is -2.33. The third-order valence-electron chi connectivity index (χ3n) is 5.77. The molecular formula is C25H33Cl2N3O5S. The smallest absolute Gasteiger partial charge is 0.244 e. The van der Waals surface area contributed by atoms with Gasteiger partial charge in [0.05, 0.1) is 29.1 Å².